The third kappa shape index (κ3) is 4.26. The van der Waals surface area contributed by atoms with E-state index in [4.69, 9.17) is 4.74 Å². The largest absolute Gasteiger partial charge is 0.446 e. The lowest BCUT2D eigenvalue weighted by Gasteiger charge is -2.30. The number of ether oxygens (including phenoxy) is 1. The Hall–Kier alpha value is -2.10. The maximum absolute atomic E-state index is 12.8. The van der Waals surface area contributed by atoms with Crippen LogP contribution in [0.3, 0.4) is 0 Å². The second kappa shape index (κ2) is 8.28. The quantitative estimate of drug-likeness (QED) is 0.680. The fraction of sp³-hybridized carbons (Fsp3) is 0.565. The number of hydrogen-bond acceptors (Lipinski definition) is 3. The Morgan fingerprint density at radius 2 is 1.85 bits per heavy atom. The summed E-state index contributed by atoms with van der Waals surface area (Å²) in [5, 5.41) is 0. The zero-order valence-corrected chi connectivity index (χ0v) is 17.2. The SMILES string of the molecule is Cc1cccc([C@H](C)c2nccn2C(=O)OC2CCC(C(C)C)CC2)c1C. The lowest BCUT2D eigenvalue weighted by molar-refractivity contribution is 0.0585. The van der Waals surface area contributed by atoms with E-state index in [1.54, 1.807) is 17.0 Å². The highest BCUT2D eigenvalue weighted by molar-refractivity contribution is 5.71. The predicted octanol–water partition coefficient (Wildman–Crippen LogP) is 5.85. The van der Waals surface area contributed by atoms with E-state index in [0.717, 1.165) is 37.4 Å². The molecule has 146 valence electrons. The summed E-state index contributed by atoms with van der Waals surface area (Å²) in [5.41, 5.74) is 3.70. The van der Waals surface area contributed by atoms with E-state index in [9.17, 15) is 4.79 Å². The Bertz CT molecular complexity index is 785. The van der Waals surface area contributed by atoms with Crippen molar-refractivity contribution in [3.8, 4) is 0 Å². The zero-order chi connectivity index (χ0) is 19.6. The molecule has 0 bridgehead atoms. The molecule has 0 aliphatic heterocycles. The summed E-state index contributed by atoms with van der Waals surface area (Å²) < 4.78 is 7.41. The lowest BCUT2D eigenvalue weighted by Crippen LogP contribution is -2.29. The summed E-state index contributed by atoms with van der Waals surface area (Å²) in [4.78, 5) is 17.3. The Morgan fingerprint density at radius 3 is 2.52 bits per heavy atom. The van der Waals surface area contributed by atoms with Gasteiger partial charge < -0.3 is 4.74 Å². The Labute approximate surface area is 163 Å². The first-order valence-corrected chi connectivity index (χ1v) is 10.2. The molecule has 0 N–H and O–H groups in total. The maximum Gasteiger partial charge on any atom is 0.419 e. The summed E-state index contributed by atoms with van der Waals surface area (Å²) in [6.07, 6.45) is 7.35. The van der Waals surface area contributed by atoms with E-state index in [2.05, 4.69) is 57.8 Å². The summed E-state index contributed by atoms with van der Waals surface area (Å²) in [5.74, 6) is 2.24. The summed E-state index contributed by atoms with van der Waals surface area (Å²) >= 11 is 0. The smallest absolute Gasteiger partial charge is 0.419 e. The van der Waals surface area contributed by atoms with Crippen LogP contribution in [0.15, 0.2) is 30.6 Å². The fourth-order valence-electron chi connectivity index (χ4n) is 4.24. The predicted molar refractivity (Wildman–Crippen MR) is 108 cm³/mol. The van der Waals surface area contributed by atoms with Gasteiger partial charge in [-0.2, -0.15) is 0 Å². The van der Waals surface area contributed by atoms with Crippen molar-refractivity contribution < 1.29 is 9.53 Å². The molecule has 0 radical (unpaired) electrons. The van der Waals surface area contributed by atoms with E-state index >= 15 is 0 Å². The molecule has 1 aromatic carbocycles. The standard InChI is InChI=1S/C23H32N2O2/c1-15(2)19-9-11-20(12-10-19)27-23(26)25-14-13-24-22(25)18(5)21-8-6-7-16(3)17(21)4/h6-8,13-15,18-20H,9-12H2,1-5H3/t18-,19?,20?/m0/s1. The molecule has 1 aromatic heterocycles. The van der Waals surface area contributed by atoms with Crippen LogP contribution in [-0.2, 0) is 4.74 Å². The summed E-state index contributed by atoms with van der Waals surface area (Å²) in [6, 6.07) is 6.29. The third-order valence-electron chi connectivity index (χ3n) is 6.30. The van der Waals surface area contributed by atoms with Crippen LogP contribution in [-0.4, -0.2) is 21.7 Å². The highest BCUT2D eigenvalue weighted by Gasteiger charge is 2.27. The summed E-state index contributed by atoms with van der Waals surface area (Å²) in [6.45, 7) is 10.9. The molecule has 27 heavy (non-hydrogen) atoms. The van der Waals surface area contributed by atoms with Crippen LogP contribution < -0.4 is 0 Å². The number of rotatable bonds is 4. The van der Waals surface area contributed by atoms with Gasteiger partial charge in [0.25, 0.3) is 0 Å². The van der Waals surface area contributed by atoms with E-state index in [1.165, 1.54) is 16.7 Å². The van der Waals surface area contributed by atoms with Crippen molar-refractivity contribution in [2.45, 2.75) is 72.3 Å². The first-order chi connectivity index (χ1) is 12.9. The normalized spacial score (nSPS) is 21.3. The Kier molecular flexibility index (Phi) is 6.03. The minimum atomic E-state index is -0.298. The second-order valence-corrected chi connectivity index (χ2v) is 8.33. The van der Waals surface area contributed by atoms with Gasteiger partial charge in [0.15, 0.2) is 0 Å². The van der Waals surface area contributed by atoms with E-state index in [1.807, 2.05) is 0 Å². The molecule has 3 rings (SSSR count). The highest BCUT2D eigenvalue weighted by atomic mass is 16.6. The van der Waals surface area contributed by atoms with Gasteiger partial charge in [0, 0.05) is 18.3 Å². The number of hydrogen-bond donors (Lipinski definition) is 0. The number of carbonyl (C=O) groups excluding carboxylic acids is 1. The molecule has 0 spiro atoms. The van der Waals surface area contributed by atoms with Crippen LogP contribution in [0.1, 0.15) is 74.9 Å². The van der Waals surface area contributed by atoms with Crippen LogP contribution >= 0.6 is 0 Å². The first kappa shape index (κ1) is 19.7. The average Bonchev–Trinajstić information content (AvgIpc) is 3.14. The average molecular weight is 369 g/mol. The molecule has 1 aliphatic rings. The second-order valence-electron chi connectivity index (χ2n) is 8.33. The van der Waals surface area contributed by atoms with Crippen molar-refractivity contribution in [1.29, 1.82) is 0 Å². The minimum absolute atomic E-state index is 0.0266. The Balaban J connectivity index is 1.71. The van der Waals surface area contributed by atoms with E-state index < -0.39 is 0 Å². The van der Waals surface area contributed by atoms with Crippen molar-refractivity contribution in [2.24, 2.45) is 11.8 Å². The van der Waals surface area contributed by atoms with Crippen LogP contribution in [0, 0.1) is 25.7 Å². The third-order valence-corrected chi connectivity index (χ3v) is 6.30. The zero-order valence-electron chi connectivity index (χ0n) is 17.2. The van der Waals surface area contributed by atoms with Crippen molar-refractivity contribution >= 4 is 6.09 Å². The van der Waals surface area contributed by atoms with Crippen molar-refractivity contribution in [1.82, 2.24) is 9.55 Å². The van der Waals surface area contributed by atoms with Gasteiger partial charge >= 0.3 is 6.09 Å². The molecule has 0 saturated heterocycles. The van der Waals surface area contributed by atoms with E-state index in [-0.39, 0.29) is 18.1 Å². The number of aromatic nitrogens is 2. The number of benzene rings is 1. The van der Waals surface area contributed by atoms with Gasteiger partial charge in [0.05, 0.1) is 0 Å². The first-order valence-electron chi connectivity index (χ1n) is 10.2. The highest BCUT2D eigenvalue weighted by Crippen LogP contribution is 2.32. The minimum Gasteiger partial charge on any atom is -0.446 e. The van der Waals surface area contributed by atoms with Gasteiger partial charge in [-0.1, -0.05) is 39.0 Å². The topological polar surface area (TPSA) is 44.1 Å². The molecule has 1 saturated carbocycles. The van der Waals surface area contributed by atoms with Crippen LogP contribution in [0.4, 0.5) is 4.79 Å². The molecule has 4 nitrogen and oxygen atoms in total. The van der Waals surface area contributed by atoms with Gasteiger partial charge in [0.1, 0.15) is 11.9 Å². The van der Waals surface area contributed by atoms with Gasteiger partial charge in [-0.3, -0.25) is 0 Å². The molecule has 1 fully saturated rings. The molecule has 1 heterocycles. The summed E-state index contributed by atoms with van der Waals surface area (Å²) in [7, 11) is 0. The molecule has 1 aliphatic carbocycles. The number of imidazole rings is 1. The molecule has 0 amide bonds. The van der Waals surface area contributed by atoms with Gasteiger partial charge in [-0.25, -0.2) is 14.3 Å². The monoisotopic (exact) mass is 368 g/mol. The lowest BCUT2D eigenvalue weighted by atomic mass is 9.80. The maximum atomic E-state index is 12.8. The van der Waals surface area contributed by atoms with E-state index in [0.29, 0.717) is 5.92 Å². The van der Waals surface area contributed by atoms with Gasteiger partial charge in [-0.05, 0) is 68.1 Å². The molecule has 4 heteroatoms. The molecule has 2 aromatic rings. The molecule has 0 unspecified atom stereocenters. The van der Waals surface area contributed by atoms with Crippen molar-refractivity contribution in [3.05, 3.63) is 53.1 Å². The number of carbonyl (C=O) groups is 1. The Morgan fingerprint density at radius 1 is 1.15 bits per heavy atom. The molecule has 1 atom stereocenters. The van der Waals surface area contributed by atoms with Crippen LogP contribution in [0.5, 0.6) is 0 Å². The fourth-order valence-corrected chi connectivity index (χ4v) is 4.24. The molecular formula is C23H32N2O2. The van der Waals surface area contributed by atoms with Crippen LogP contribution in [0.25, 0.3) is 0 Å². The van der Waals surface area contributed by atoms with Crippen molar-refractivity contribution in [3.63, 3.8) is 0 Å². The van der Waals surface area contributed by atoms with Crippen LogP contribution in [0.2, 0.25) is 0 Å². The number of nitrogens with zero attached hydrogens (tertiary/aromatic N) is 2. The van der Waals surface area contributed by atoms with Gasteiger partial charge in [-0.15, -0.1) is 0 Å². The molecular weight excluding hydrogens is 336 g/mol. The van der Waals surface area contributed by atoms with Crippen molar-refractivity contribution in [2.75, 3.05) is 0 Å². The van der Waals surface area contributed by atoms with Gasteiger partial charge in [0.2, 0.25) is 0 Å². The number of aryl methyl sites for hydroxylation is 1.